The third-order valence-corrected chi connectivity index (χ3v) is 4.18. The average Bonchev–Trinajstić information content (AvgIpc) is 2.55. The third-order valence-electron chi connectivity index (χ3n) is 4.18. The molecule has 126 valence electrons. The zero-order chi connectivity index (χ0) is 16.9. The standard InChI is InChI=1S/C18H24N6/c1-14-12-15(2)21-18(20-14)22-17(19)24-10-8-23(9-11-24)13-16-6-4-3-5-7-16/h3-7,12H,8-11,13H2,1-2H3,(H2,19,20,21,22)/p+1. The Hall–Kier alpha value is -2.47. The number of nitrogens with one attached hydrogen (secondary N) is 1. The van der Waals surface area contributed by atoms with Crippen LogP contribution < -0.4 is 11.1 Å². The van der Waals surface area contributed by atoms with Crippen LogP contribution in [0.3, 0.4) is 0 Å². The molecule has 1 saturated heterocycles. The fraction of sp³-hybridized carbons (Fsp3) is 0.389. The minimum Gasteiger partial charge on any atom is -0.293 e. The molecule has 0 amide bonds. The largest absolute Gasteiger partial charge is 0.350 e. The van der Waals surface area contributed by atoms with E-state index in [-0.39, 0.29) is 0 Å². The molecule has 1 aromatic heterocycles. The highest BCUT2D eigenvalue weighted by Crippen LogP contribution is 2.07. The van der Waals surface area contributed by atoms with Crippen molar-refractivity contribution < 1.29 is 4.58 Å². The van der Waals surface area contributed by atoms with Crippen LogP contribution in [-0.4, -0.2) is 51.6 Å². The monoisotopic (exact) mass is 325 g/mol. The van der Waals surface area contributed by atoms with Crippen molar-refractivity contribution in [3.05, 3.63) is 53.3 Å². The van der Waals surface area contributed by atoms with E-state index in [1.165, 1.54) is 5.56 Å². The number of hydrogen-bond donors (Lipinski definition) is 2. The van der Waals surface area contributed by atoms with Crippen LogP contribution in [0.2, 0.25) is 0 Å². The number of guanidine groups is 1. The first kappa shape index (κ1) is 16.4. The van der Waals surface area contributed by atoms with Gasteiger partial charge in [-0.15, -0.1) is 0 Å². The zero-order valence-corrected chi connectivity index (χ0v) is 14.4. The molecular weight excluding hydrogens is 300 g/mol. The molecule has 1 fully saturated rings. The molecule has 0 saturated carbocycles. The van der Waals surface area contributed by atoms with Gasteiger partial charge in [0.25, 0.3) is 5.95 Å². The Morgan fingerprint density at radius 2 is 1.75 bits per heavy atom. The summed E-state index contributed by atoms with van der Waals surface area (Å²) in [5, 5.41) is 3.14. The van der Waals surface area contributed by atoms with E-state index in [4.69, 9.17) is 5.73 Å². The quantitative estimate of drug-likeness (QED) is 0.658. The number of piperazine rings is 1. The Kier molecular flexibility index (Phi) is 5.05. The van der Waals surface area contributed by atoms with Crippen molar-refractivity contribution in [1.29, 1.82) is 0 Å². The number of benzene rings is 1. The normalized spacial score (nSPS) is 15.3. The number of aryl methyl sites for hydroxylation is 2. The van der Waals surface area contributed by atoms with E-state index in [2.05, 4.69) is 55.1 Å². The van der Waals surface area contributed by atoms with E-state index >= 15 is 0 Å². The summed E-state index contributed by atoms with van der Waals surface area (Å²) in [6, 6.07) is 12.5. The van der Waals surface area contributed by atoms with E-state index in [1.54, 1.807) is 0 Å². The van der Waals surface area contributed by atoms with Crippen LogP contribution >= 0.6 is 0 Å². The summed E-state index contributed by atoms with van der Waals surface area (Å²) in [6.07, 6.45) is 0. The summed E-state index contributed by atoms with van der Waals surface area (Å²) in [4.78, 5) is 11.2. The van der Waals surface area contributed by atoms with Crippen molar-refractivity contribution >= 4 is 11.9 Å². The summed E-state index contributed by atoms with van der Waals surface area (Å²) in [7, 11) is 0. The fourth-order valence-electron chi connectivity index (χ4n) is 2.96. The molecule has 0 unspecified atom stereocenters. The fourth-order valence-corrected chi connectivity index (χ4v) is 2.96. The van der Waals surface area contributed by atoms with Gasteiger partial charge in [-0.05, 0) is 25.5 Å². The minimum atomic E-state index is 0.566. The van der Waals surface area contributed by atoms with Gasteiger partial charge in [0.2, 0.25) is 0 Å². The van der Waals surface area contributed by atoms with E-state index in [0.29, 0.717) is 11.9 Å². The smallest absolute Gasteiger partial charge is 0.293 e. The number of rotatable bonds is 3. The van der Waals surface area contributed by atoms with Crippen molar-refractivity contribution in [2.24, 2.45) is 5.73 Å². The number of nitrogens with zero attached hydrogens (tertiary/aromatic N) is 4. The SMILES string of the molecule is Cc1cc(C)nc(NC(N)=[N+]2CCN(Cc3ccccc3)CC2)n1. The number of nitrogens with two attached hydrogens (primary N) is 1. The molecule has 0 spiro atoms. The maximum absolute atomic E-state index is 6.21. The van der Waals surface area contributed by atoms with Gasteiger partial charge in [0.15, 0.2) is 0 Å². The van der Waals surface area contributed by atoms with E-state index < -0.39 is 0 Å². The van der Waals surface area contributed by atoms with Crippen LogP contribution in [0, 0.1) is 13.8 Å². The van der Waals surface area contributed by atoms with Crippen molar-refractivity contribution in [2.75, 3.05) is 31.5 Å². The number of aromatic nitrogens is 2. The number of anilines is 1. The van der Waals surface area contributed by atoms with Crippen LogP contribution in [0.4, 0.5) is 5.95 Å². The molecule has 3 rings (SSSR count). The van der Waals surface area contributed by atoms with E-state index in [9.17, 15) is 0 Å². The summed E-state index contributed by atoms with van der Waals surface area (Å²) in [5.41, 5.74) is 9.43. The first-order valence-corrected chi connectivity index (χ1v) is 8.33. The molecule has 1 aliphatic heterocycles. The Balaban J connectivity index is 1.59. The summed E-state index contributed by atoms with van der Waals surface area (Å²) < 4.78 is 2.16. The first-order chi connectivity index (χ1) is 11.6. The Morgan fingerprint density at radius 1 is 1.12 bits per heavy atom. The van der Waals surface area contributed by atoms with Gasteiger partial charge in [-0.3, -0.25) is 15.2 Å². The van der Waals surface area contributed by atoms with Gasteiger partial charge >= 0.3 is 5.96 Å². The van der Waals surface area contributed by atoms with E-state index in [0.717, 1.165) is 44.1 Å². The van der Waals surface area contributed by atoms with Gasteiger partial charge in [-0.25, -0.2) is 15.3 Å². The second kappa shape index (κ2) is 7.40. The molecule has 2 aromatic rings. The predicted octanol–water partition coefficient (Wildman–Crippen LogP) is 1.35. The summed E-state index contributed by atoms with van der Waals surface area (Å²) in [6.45, 7) is 8.68. The number of hydrogen-bond acceptors (Lipinski definition) is 3. The molecule has 24 heavy (non-hydrogen) atoms. The maximum atomic E-state index is 6.21. The van der Waals surface area contributed by atoms with Gasteiger partial charge in [-0.1, -0.05) is 30.3 Å². The molecule has 6 heteroatoms. The Labute approximate surface area is 143 Å². The van der Waals surface area contributed by atoms with Crippen LogP contribution in [0.5, 0.6) is 0 Å². The summed E-state index contributed by atoms with van der Waals surface area (Å²) >= 11 is 0. The van der Waals surface area contributed by atoms with Crippen LogP contribution in [0.25, 0.3) is 0 Å². The molecule has 6 nitrogen and oxygen atoms in total. The van der Waals surface area contributed by atoms with Gasteiger partial charge in [0, 0.05) is 31.0 Å². The average molecular weight is 325 g/mol. The highest BCUT2D eigenvalue weighted by atomic mass is 15.3. The highest BCUT2D eigenvalue weighted by molar-refractivity contribution is 5.86. The Morgan fingerprint density at radius 3 is 2.38 bits per heavy atom. The lowest BCUT2D eigenvalue weighted by Crippen LogP contribution is -2.47. The minimum absolute atomic E-state index is 0.566. The van der Waals surface area contributed by atoms with Crippen LogP contribution in [-0.2, 0) is 6.54 Å². The molecule has 0 atom stereocenters. The van der Waals surface area contributed by atoms with Gasteiger partial charge in [-0.2, -0.15) is 0 Å². The van der Waals surface area contributed by atoms with Gasteiger partial charge in [0.05, 0.1) is 13.1 Å². The maximum Gasteiger partial charge on any atom is 0.350 e. The van der Waals surface area contributed by atoms with Crippen molar-refractivity contribution in [3.8, 4) is 0 Å². The Bertz CT molecular complexity index is 695. The van der Waals surface area contributed by atoms with Crippen LogP contribution in [0.1, 0.15) is 17.0 Å². The molecule has 0 radical (unpaired) electrons. The second-order valence-electron chi connectivity index (χ2n) is 6.23. The van der Waals surface area contributed by atoms with E-state index in [1.807, 2.05) is 19.9 Å². The molecule has 1 aliphatic rings. The molecular formula is C18H25N6+. The first-order valence-electron chi connectivity index (χ1n) is 8.33. The molecule has 0 aliphatic carbocycles. The lowest BCUT2D eigenvalue weighted by Gasteiger charge is -2.28. The molecule has 2 heterocycles. The van der Waals surface area contributed by atoms with Crippen molar-refractivity contribution in [1.82, 2.24) is 14.9 Å². The predicted molar refractivity (Wildman–Crippen MR) is 96.0 cm³/mol. The third kappa shape index (κ3) is 4.29. The molecule has 1 aromatic carbocycles. The molecule has 0 bridgehead atoms. The topological polar surface area (TPSA) is 70.1 Å². The highest BCUT2D eigenvalue weighted by Gasteiger charge is 2.19. The molecule has 3 N–H and O–H groups in total. The van der Waals surface area contributed by atoms with Gasteiger partial charge < -0.3 is 0 Å². The van der Waals surface area contributed by atoms with Crippen LogP contribution in [0.15, 0.2) is 36.4 Å². The zero-order valence-electron chi connectivity index (χ0n) is 14.4. The lowest BCUT2D eigenvalue weighted by molar-refractivity contribution is -0.541. The summed E-state index contributed by atoms with van der Waals surface area (Å²) in [5.74, 6) is 1.19. The lowest BCUT2D eigenvalue weighted by atomic mass is 10.2. The van der Waals surface area contributed by atoms with Gasteiger partial charge in [0.1, 0.15) is 0 Å². The van der Waals surface area contributed by atoms with Crippen molar-refractivity contribution in [2.45, 2.75) is 20.4 Å². The second-order valence-corrected chi connectivity index (χ2v) is 6.23. The van der Waals surface area contributed by atoms with Crippen molar-refractivity contribution in [3.63, 3.8) is 0 Å².